The van der Waals surface area contributed by atoms with Crippen molar-refractivity contribution in [1.29, 1.82) is 0 Å². The number of nitrogen functional groups attached to an aromatic ring is 1. The molecule has 0 bridgehead atoms. The molecule has 96 valence electrons. The van der Waals surface area contributed by atoms with Crippen molar-refractivity contribution in [3.8, 4) is 0 Å². The molecule has 0 unspecified atom stereocenters. The third-order valence-electron chi connectivity index (χ3n) is 2.42. The lowest BCUT2D eigenvalue weighted by Gasteiger charge is -1.97. The first kappa shape index (κ1) is 12.6. The van der Waals surface area contributed by atoms with Crippen LogP contribution < -0.4 is 5.73 Å². The van der Waals surface area contributed by atoms with Gasteiger partial charge in [-0.05, 0) is 24.1 Å². The number of aromatic nitrogens is 2. The van der Waals surface area contributed by atoms with Gasteiger partial charge in [-0.25, -0.2) is 0 Å². The Morgan fingerprint density at radius 1 is 1.28 bits per heavy atom. The van der Waals surface area contributed by atoms with E-state index in [0.717, 1.165) is 17.7 Å². The van der Waals surface area contributed by atoms with Crippen LogP contribution in [0.3, 0.4) is 0 Å². The van der Waals surface area contributed by atoms with E-state index in [1.54, 1.807) is 0 Å². The van der Waals surface area contributed by atoms with Gasteiger partial charge >= 0.3 is 0 Å². The summed E-state index contributed by atoms with van der Waals surface area (Å²) in [7, 11) is 0. The van der Waals surface area contributed by atoms with Crippen LogP contribution in [0.2, 0.25) is 0 Å². The van der Waals surface area contributed by atoms with Gasteiger partial charge in [0.05, 0.1) is 6.42 Å². The molecule has 0 radical (unpaired) electrons. The van der Waals surface area contributed by atoms with E-state index < -0.39 is 0 Å². The van der Waals surface area contributed by atoms with Gasteiger partial charge in [-0.2, -0.15) is 4.98 Å². The van der Waals surface area contributed by atoms with E-state index in [1.807, 2.05) is 24.3 Å². The van der Waals surface area contributed by atoms with Gasteiger partial charge in [-0.1, -0.05) is 24.2 Å². The Hall–Kier alpha value is -1.88. The number of nitrogens with two attached hydrogens (primary N) is 1. The van der Waals surface area contributed by atoms with Crippen LogP contribution in [-0.2, 0) is 17.8 Å². The van der Waals surface area contributed by atoms with Gasteiger partial charge in [0.2, 0.25) is 5.89 Å². The largest absolute Gasteiger partial charge is 0.399 e. The third-order valence-corrected chi connectivity index (χ3v) is 2.42. The minimum Gasteiger partial charge on any atom is -0.399 e. The number of benzene rings is 1. The van der Waals surface area contributed by atoms with Crippen molar-refractivity contribution >= 4 is 5.69 Å². The highest BCUT2D eigenvalue weighted by molar-refractivity contribution is 5.39. The van der Waals surface area contributed by atoms with Crippen LogP contribution >= 0.6 is 0 Å². The summed E-state index contributed by atoms with van der Waals surface area (Å²) in [6.07, 6.45) is 1.59. The predicted octanol–water partition coefficient (Wildman–Crippen LogP) is 2.17. The predicted molar refractivity (Wildman–Crippen MR) is 67.9 cm³/mol. The van der Waals surface area contributed by atoms with Gasteiger partial charge in [0, 0.05) is 12.3 Å². The minimum absolute atomic E-state index is 0.402. The third kappa shape index (κ3) is 3.56. The molecular formula is C13H17N3O2. The molecule has 2 N–H and O–H groups in total. The number of hydrogen-bond acceptors (Lipinski definition) is 5. The number of ether oxygens (including phenoxy) is 1. The first-order chi connectivity index (χ1) is 8.78. The van der Waals surface area contributed by atoms with E-state index >= 15 is 0 Å². The molecular weight excluding hydrogens is 230 g/mol. The lowest BCUT2D eigenvalue weighted by molar-refractivity contribution is 0.114. The molecule has 0 saturated carbocycles. The quantitative estimate of drug-likeness (QED) is 0.625. The van der Waals surface area contributed by atoms with Crippen LogP contribution in [-0.4, -0.2) is 16.7 Å². The van der Waals surface area contributed by atoms with E-state index in [4.69, 9.17) is 15.0 Å². The number of nitrogens with zero attached hydrogens (tertiary/aromatic N) is 2. The summed E-state index contributed by atoms with van der Waals surface area (Å²) >= 11 is 0. The summed E-state index contributed by atoms with van der Waals surface area (Å²) in [5, 5.41) is 3.87. The second-order valence-corrected chi connectivity index (χ2v) is 4.08. The van der Waals surface area contributed by atoms with Crippen molar-refractivity contribution in [1.82, 2.24) is 10.1 Å². The Bertz CT molecular complexity index is 479. The number of anilines is 1. The summed E-state index contributed by atoms with van der Waals surface area (Å²) in [6.45, 7) is 3.17. The van der Waals surface area contributed by atoms with Crippen LogP contribution in [0.1, 0.15) is 30.6 Å². The van der Waals surface area contributed by atoms with Gasteiger partial charge in [0.15, 0.2) is 5.82 Å². The highest BCUT2D eigenvalue weighted by Crippen LogP contribution is 2.10. The molecule has 0 aliphatic carbocycles. The second kappa shape index (κ2) is 6.16. The zero-order valence-corrected chi connectivity index (χ0v) is 10.4. The number of rotatable bonds is 6. The van der Waals surface area contributed by atoms with Gasteiger partial charge in [-0.15, -0.1) is 0 Å². The maximum Gasteiger partial charge on any atom is 0.231 e. The van der Waals surface area contributed by atoms with E-state index in [9.17, 15) is 0 Å². The van der Waals surface area contributed by atoms with Crippen molar-refractivity contribution in [3.05, 3.63) is 41.5 Å². The summed E-state index contributed by atoms with van der Waals surface area (Å²) in [5.74, 6) is 1.18. The molecule has 1 aromatic carbocycles. The fraction of sp³-hybridized carbons (Fsp3) is 0.385. The molecule has 2 rings (SSSR count). The highest BCUT2D eigenvalue weighted by Gasteiger charge is 2.07. The molecule has 0 saturated heterocycles. The molecule has 0 spiro atoms. The Morgan fingerprint density at radius 2 is 2.06 bits per heavy atom. The van der Waals surface area contributed by atoms with E-state index in [1.165, 1.54) is 0 Å². The Balaban J connectivity index is 1.91. The van der Waals surface area contributed by atoms with Crippen LogP contribution in [0.25, 0.3) is 0 Å². The molecule has 0 amide bonds. The molecule has 0 aliphatic rings. The second-order valence-electron chi connectivity index (χ2n) is 4.08. The zero-order valence-electron chi connectivity index (χ0n) is 10.4. The SMILES string of the molecule is CCCOCc1noc(Cc2ccc(N)cc2)n1. The molecule has 2 aromatic rings. The first-order valence-corrected chi connectivity index (χ1v) is 6.01. The molecule has 5 nitrogen and oxygen atoms in total. The maximum absolute atomic E-state index is 5.62. The van der Waals surface area contributed by atoms with Crippen LogP contribution in [0, 0.1) is 0 Å². The molecule has 1 heterocycles. The number of hydrogen-bond donors (Lipinski definition) is 1. The molecule has 0 aliphatic heterocycles. The van der Waals surface area contributed by atoms with Gasteiger partial charge < -0.3 is 15.0 Å². The Labute approximate surface area is 106 Å². The Kier molecular flexibility index (Phi) is 4.30. The van der Waals surface area contributed by atoms with E-state index in [-0.39, 0.29) is 0 Å². The van der Waals surface area contributed by atoms with Gasteiger partial charge in [0.25, 0.3) is 0 Å². The van der Waals surface area contributed by atoms with E-state index in [2.05, 4.69) is 17.1 Å². The Morgan fingerprint density at radius 3 is 2.78 bits per heavy atom. The molecule has 1 aromatic heterocycles. The van der Waals surface area contributed by atoms with Crippen molar-refractivity contribution in [2.45, 2.75) is 26.4 Å². The standard InChI is InChI=1S/C13H17N3O2/c1-2-7-17-9-12-15-13(18-16-12)8-10-3-5-11(14)6-4-10/h3-6H,2,7-9,14H2,1H3. The van der Waals surface area contributed by atoms with Gasteiger partial charge in [0.1, 0.15) is 6.61 Å². The monoisotopic (exact) mass is 247 g/mol. The zero-order chi connectivity index (χ0) is 12.8. The highest BCUT2D eigenvalue weighted by atomic mass is 16.5. The summed E-state index contributed by atoms with van der Waals surface area (Å²) in [4.78, 5) is 4.27. The van der Waals surface area contributed by atoms with Crippen LogP contribution in [0.4, 0.5) is 5.69 Å². The summed E-state index contributed by atoms with van der Waals surface area (Å²) < 4.78 is 10.5. The van der Waals surface area contributed by atoms with Crippen LogP contribution in [0.5, 0.6) is 0 Å². The van der Waals surface area contributed by atoms with Crippen LogP contribution in [0.15, 0.2) is 28.8 Å². The molecule has 18 heavy (non-hydrogen) atoms. The lowest BCUT2D eigenvalue weighted by Crippen LogP contribution is -1.96. The average molecular weight is 247 g/mol. The normalized spacial score (nSPS) is 10.7. The van der Waals surface area contributed by atoms with Crippen molar-refractivity contribution < 1.29 is 9.26 Å². The fourth-order valence-corrected chi connectivity index (χ4v) is 1.54. The van der Waals surface area contributed by atoms with Crippen molar-refractivity contribution in [2.75, 3.05) is 12.3 Å². The fourth-order valence-electron chi connectivity index (χ4n) is 1.54. The van der Waals surface area contributed by atoms with E-state index in [0.29, 0.717) is 31.3 Å². The van der Waals surface area contributed by atoms with Crippen molar-refractivity contribution in [3.63, 3.8) is 0 Å². The molecule has 0 atom stereocenters. The maximum atomic E-state index is 5.62. The topological polar surface area (TPSA) is 74.2 Å². The minimum atomic E-state index is 0.402. The summed E-state index contributed by atoms with van der Waals surface area (Å²) in [6, 6.07) is 7.62. The van der Waals surface area contributed by atoms with Gasteiger partial charge in [-0.3, -0.25) is 0 Å². The smallest absolute Gasteiger partial charge is 0.231 e. The first-order valence-electron chi connectivity index (χ1n) is 6.01. The molecule has 0 fully saturated rings. The average Bonchev–Trinajstić information content (AvgIpc) is 2.80. The lowest BCUT2D eigenvalue weighted by atomic mass is 10.1. The van der Waals surface area contributed by atoms with Crippen molar-refractivity contribution in [2.24, 2.45) is 0 Å². The summed E-state index contributed by atoms with van der Waals surface area (Å²) in [5.41, 5.74) is 7.46. The molecule has 5 heteroatoms.